The number of benzene rings is 8. The van der Waals surface area contributed by atoms with Gasteiger partial charge in [0, 0.05) is 0 Å². The fourth-order valence-electron chi connectivity index (χ4n) is 5.76. The van der Waals surface area contributed by atoms with Crippen molar-refractivity contribution in [2.24, 2.45) is 0 Å². The van der Waals surface area contributed by atoms with Gasteiger partial charge in [-0.1, -0.05) is 151 Å². The third-order valence-corrected chi connectivity index (χ3v) is 7.49. The van der Waals surface area contributed by atoms with Gasteiger partial charge in [-0.15, -0.1) is 0 Å². The molecule has 0 aliphatic heterocycles. The summed E-state index contributed by atoms with van der Waals surface area (Å²) in [6, 6.07) is 23.4. The van der Waals surface area contributed by atoms with Crippen molar-refractivity contribution in [1.82, 2.24) is 0 Å². The maximum Gasteiger partial charge on any atom is 0.0629 e. The molecule has 8 aromatic rings. The smallest absolute Gasteiger partial charge is 0.0622 e. The van der Waals surface area contributed by atoms with Crippen molar-refractivity contribution in [2.45, 2.75) is 0 Å². The molecule has 0 heteroatoms. The Morgan fingerprint density at radius 1 is 0.350 bits per heavy atom. The summed E-state index contributed by atoms with van der Waals surface area (Å²) in [4.78, 5) is 0. The van der Waals surface area contributed by atoms with E-state index in [9.17, 15) is 4.11 Å². The lowest BCUT2D eigenvalue weighted by atomic mass is 9.84. The van der Waals surface area contributed by atoms with Crippen LogP contribution in [0.1, 0.15) is 15.1 Å². The standard InChI is InChI=1S/C40H26/c1-2-13-28(14-3-1)39-35-16-6-8-18-37(35)40(38-19-9-7-17-36(38)39)34-23-11-21-32-31(20-10-22-33(32)34)30-25-24-27-12-4-5-15-29(27)26-30/h1-26H/i2D,3D,6D,7D,8D,9D,13D,14D,16D,18D,19D. The van der Waals surface area contributed by atoms with Crippen LogP contribution in [0.4, 0.5) is 0 Å². The zero-order chi connectivity index (χ0) is 36.0. The number of rotatable bonds is 3. The van der Waals surface area contributed by atoms with E-state index in [-0.39, 0.29) is 62.4 Å². The molecule has 0 heterocycles. The quantitative estimate of drug-likeness (QED) is 0.204. The van der Waals surface area contributed by atoms with Gasteiger partial charge in [-0.2, -0.15) is 0 Å². The van der Waals surface area contributed by atoms with Gasteiger partial charge in [0.2, 0.25) is 0 Å². The monoisotopic (exact) mass is 517 g/mol. The van der Waals surface area contributed by atoms with Gasteiger partial charge in [0.15, 0.2) is 0 Å². The molecule has 0 aliphatic carbocycles. The van der Waals surface area contributed by atoms with E-state index in [2.05, 4.69) is 12.1 Å². The lowest BCUT2D eigenvalue weighted by Gasteiger charge is -2.19. The molecule has 0 saturated heterocycles. The summed E-state index contributed by atoms with van der Waals surface area (Å²) in [6.45, 7) is 0. The molecule has 8 aromatic carbocycles. The van der Waals surface area contributed by atoms with Gasteiger partial charge in [-0.25, -0.2) is 0 Å². The minimum absolute atomic E-state index is 0.0125. The topological polar surface area (TPSA) is 0 Å². The first kappa shape index (κ1) is 14.3. The first-order valence-electron chi connectivity index (χ1n) is 18.5. The predicted molar refractivity (Wildman–Crippen MR) is 173 cm³/mol. The first-order chi connectivity index (χ1) is 24.4. The molecule has 0 unspecified atom stereocenters. The highest BCUT2D eigenvalue weighted by atomic mass is 14.2. The highest BCUT2D eigenvalue weighted by Gasteiger charge is 2.18. The fraction of sp³-hybridized carbons (Fsp3) is 0. The Labute approximate surface area is 249 Å². The number of hydrogen-bond donors (Lipinski definition) is 0. The summed E-state index contributed by atoms with van der Waals surface area (Å²) < 4.78 is 97.0. The average Bonchev–Trinajstić information content (AvgIpc) is 3.13. The second-order valence-corrected chi connectivity index (χ2v) is 9.65. The molecule has 0 radical (unpaired) electrons. The van der Waals surface area contributed by atoms with E-state index in [4.69, 9.17) is 11.0 Å². The summed E-state index contributed by atoms with van der Waals surface area (Å²) in [5, 5.41) is 3.89. The highest BCUT2D eigenvalue weighted by molar-refractivity contribution is 6.24. The van der Waals surface area contributed by atoms with Crippen molar-refractivity contribution in [3.05, 3.63) is 157 Å². The van der Waals surface area contributed by atoms with Crippen molar-refractivity contribution in [1.29, 1.82) is 0 Å². The third kappa shape index (κ3) is 3.54. The molecule has 40 heavy (non-hydrogen) atoms. The minimum atomic E-state index is -0.559. The molecule has 8 rings (SSSR count). The van der Waals surface area contributed by atoms with Crippen LogP contribution >= 0.6 is 0 Å². The normalized spacial score (nSPS) is 15.3. The Hall–Kier alpha value is -5.20. The van der Waals surface area contributed by atoms with Crippen LogP contribution in [0.3, 0.4) is 0 Å². The molecule has 0 bridgehead atoms. The van der Waals surface area contributed by atoms with Crippen LogP contribution < -0.4 is 0 Å². The Balaban J connectivity index is 1.61. The number of hydrogen-bond acceptors (Lipinski definition) is 0. The van der Waals surface area contributed by atoms with Crippen LogP contribution in [0.15, 0.2) is 157 Å². The maximum atomic E-state index is 9.27. The molecule has 0 fully saturated rings. The second-order valence-electron chi connectivity index (χ2n) is 9.65. The Morgan fingerprint density at radius 2 is 1.00 bits per heavy atom. The van der Waals surface area contributed by atoms with Gasteiger partial charge < -0.3 is 0 Å². The van der Waals surface area contributed by atoms with Gasteiger partial charge in [0.25, 0.3) is 0 Å². The summed E-state index contributed by atoms with van der Waals surface area (Å²) in [7, 11) is 0. The lowest BCUT2D eigenvalue weighted by Crippen LogP contribution is -1.92. The van der Waals surface area contributed by atoms with Crippen molar-refractivity contribution in [3.63, 3.8) is 0 Å². The molecule has 0 aliphatic rings. The van der Waals surface area contributed by atoms with E-state index < -0.39 is 42.3 Å². The van der Waals surface area contributed by atoms with Crippen molar-refractivity contribution in [2.75, 3.05) is 0 Å². The van der Waals surface area contributed by atoms with Crippen LogP contribution in [0, 0.1) is 0 Å². The van der Waals surface area contributed by atoms with Crippen LogP contribution in [-0.2, 0) is 0 Å². The van der Waals surface area contributed by atoms with Crippen molar-refractivity contribution in [3.8, 4) is 33.4 Å². The lowest BCUT2D eigenvalue weighted by molar-refractivity contribution is 1.65. The largest absolute Gasteiger partial charge is 0.0629 e. The van der Waals surface area contributed by atoms with Gasteiger partial charge in [-0.05, 0) is 82.5 Å². The maximum absolute atomic E-state index is 9.27. The van der Waals surface area contributed by atoms with E-state index in [1.807, 2.05) is 60.7 Å². The van der Waals surface area contributed by atoms with E-state index >= 15 is 0 Å². The molecule has 0 N–H and O–H groups in total. The van der Waals surface area contributed by atoms with E-state index in [1.165, 1.54) is 6.07 Å². The van der Waals surface area contributed by atoms with Crippen LogP contribution in [0.2, 0.25) is 0 Å². The van der Waals surface area contributed by atoms with Gasteiger partial charge in [0.1, 0.15) is 0 Å². The minimum Gasteiger partial charge on any atom is -0.0622 e. The summed E-state index contributed by atoms with van der Waals surface area (Å²) in [5.41, 5.74) is 2.39. The average molecular weight is 518 g/mol. The third-order valence-electron chi connectivity index (χ3n) is 7.49. The molecule has 0 amide bonds. The van der Waals surface area contributed by atoms with E-state index in [0.717, 1.165) is 38.7 Å². The first-order valence-corrected chi connectivity index (χ1v) is 13.0. The van der Waals surface area contributed by atoms with Crippen LogP contribution in [-0.4, -0.2) is 0 Å². The highest BCUT2D eigenvalue weighted by Crippen LogP contribution is 2.46. The Morgan fingerprint density at radius 3 is 1.80 bits per heavy atom. The number of fused-ring (bicyclic) bond motifs is 4. The molecule has 0 atom stereocenters. The predicted octanol–water partition coefficient (Wildman–Crippen LogP) is 11.3. The zero-order valence-corrected chi connectivity index (χ0v) is 21.2. The summed E-state index contributed by atoms with van der Waals surface area (Å²) >= 11 is 0. The van der Waals surface area contributed by atoms with Crippen molar-refractivity contribution < 1.29 is 15.1 Å². The molecule has 0 spiro atoms. The Bertz CT molecular complexity index is 2800. The molecule has 0 nitrogen and oxygen atoms in total. The van der Waals surface area contributed by atoms with Crippen molar-refractivity contribution >= 4 is 43.1 Å². The van der Waals surface area contributed by atoms with Crippen LogP contribution in [0.25, 0.3) is 76.5 Å². The van der Waals surface area contributed by atoms with E-state index in [0.29, 0.717) is 5.56 Å². The van der Waals surface area contributed by atoms with E-state index in [1.54, 1.807) is 6.07 Å². The summed E-state index contributed by atoms with van der Waals surface area (Å²) in [5.74, 6) is 0. The molecule has 0 saturated carbocycles. The molecule has 186 valence electrons. The van der Waals surface area contributed by atoms with Gasteiger partial charge in [-0.3, -0.25) is 0 Å². The Kier molecular flexibility index (Phi) is 3.29. The molecular weight excluding hydrogens is 480 g/mol. The van der Waals surface area contributed by atoms with Gasteiger partial charge >= 0.3 is 0 Å². The molecular formula is C40H26. The fourth-order valence-corrected chi connectivity index (χ4v) is 5.76. The SMILES string of the molecule is [2H]c1cc([2H])c([2H])c(-c2c3cc([2H])c([2H])c([2H])c3c(-c3cccc4c(-c5ccc6ccccc6c5)cccc34)c3c([2H])c([2H])c([2H])c([2H])c23)c1[2H]. The molecule has 0 aromatic heterocycles. The zero-order valence-electron chi connectivity index (χ0n) is 32.2. The second kappa shape index (κ2) is 9.22. The summed E-state index contributed by atoms with van der Waals surface area (Å²) in [6.07, 6.45) is 0. The van der Waals surface area contributed by atoms with Gasteiger partial charge in [0.05, 0.1) is 15.1 Å². The van der Waals surface area contributed by atoms with Crippen LogP contribution in [0.5, 0.6) is 0 Å².